The van der Waals surface area contributed by atoms with Crippen LogP contribution < -0.4 is 4.90 Å². The number of aromatic nitrogens is 1. The molecule has 22 heavy (non-hydrogen) atoms. The van der Waals surface area contributed by atoms with Gasteiger partial charge in [-0.05, 0) is 36.8 Å². The Kier molecular flexibility index (Phi) is 4.57. The lowest BCUT2D eigenvalue weighted by Gasteiger charge is -2.35. The monoisotopic (exact) mass is 321 g/mol. The highest BCUT2D eigenvalue weighted by atomic mass is 35.5. The van der Waals surface area contributed by atoms with Gasteiger partial charge in [0.1, 0.15) is 5.82 Å². The fourth-order valence-electron chi connectivity index (χ4n) is 3.16. The predicted molar refractivity (Wildman–Crippen MR) is 89.1 cm³/mol. The Balaban J connectivity index is 1.84. The van der Waals surface area contributed by atoms with Gasteiger partial charge in [0, 0.05) is 32.3 Å². The second kappa shape index (κ2) is 6.45. The molecule has 1 saturated carbocycles. The number of halogens is 1. The van der Waals surface area contributed by atoms with E-state index in [9.17, 15) is 4.79 Å². The Morgan fingerprint density at radius 1 is 1.41 bits per heavy atom. The van der Waals surface area contributed by atoms with Crippen LogP contribution in [0.3, 0.4) is 0 Å². The maximum Gasteiger partial charge on any atom is 0.224 e. The molecule has 1 aliphatic heterocycles. The molecule has 0 N–H and O–H groups in total. The average molecular weight is 322 g/mol. The van der Waals surface area contributed by atoms with Crippen LogP contribution >= 0.6 is 11.6 Å². The summed E-state index contributed by atoms with van der Waals surface area (Å²) in [7, 11) is 0. The van der Waals surface area contributed by atoms with Crippen molar-refractivity contribution in [2.24, 2.45) is 11.8 Å². The molecule has 2 aliphatic rings. The highest BCUT2D eigenvalue weighted by Crippen LogP contribution is 2.33. The van der Waals surface area contributed by atoms with E-state index in [4.69, 9.17) is 11.6 Å². The molecule has 5 heteroatoms. The van der Waals surface area contributed by atoms with Crippen molar-refractivity contribution in [3.05, 3.63) is 23.4 Å². The second-order valence-electron chi connectivity index (χ2n) is 6.81. The zero-order chi connectivity index (χ0) is 15.7. The van der Waals surface area contributed by atoms with Crippen LogP contribution in [0.25, 0.3) is 0 Å². The van der Waals surface area contributed by atoms with Gasteiger partial charge < -0.3 is 9.80 Å². The Morgan fingerprint density at radius 2 is 2.18 bits per heavy atom. The van der Waals surface area contributed by atoms with Gasteiger partial charge in [0.05, 0.1) is 11.1 Å². The van der Waals surface area contributed by atoms with Crippen LogP contribution in [-0.2, 0) is 4.79 Å². The molecule has 1 aromatic rings. The quantitative estimate of drug-likeness (QED) is 0.854. The van der Waals surface area contributed by atoms with E-state index in [1.54, 1.807) is 6.20 Å². The van der Waals surface area contributed by atoms with Gasteiger partial charge in [0.25, 0.3) is 0 Å². The number of carbonyl (C=O) groups excluding carboxylic acids is 1. The molecule has 3 rings (SSSR count). The summed E-state index contributed by atoms with van der Waals surface area (Å²) in [5.74, 6) is 2.22. The third kappa shape index (κ3) is 3.37. The lowest BCUT2D eigenvalue weighted by atomic mass is 10.0. The topological polar surface area (TPSA) is 36.4 Å². The Labute approximate surface area is 137 Å². The zero-order valence-electron chi connectivity index (χ0n) is 13.3. The summed E-state index contributed by atoms with van der Waals surface area (Å²) < 4.78 is 0. The summed E-state index contributed by atoms with van der Waals surface area (Å²) in [5.41, 5.74) is 0. The van der Waals surface area contributed by atoms with Crippen LogP contribution in [0.4, 0.5) is 5.82 Å². The lowest BCUT2D eigenvalue weighted by molar-refractivity contribution is -0.133. The van der Waals surface area contributed by atoms with E-state index in [0.29, 0.717) is 23.9 Å². The Morgan fingerprint density at radius 3 is 2.82 bits per heavy atom. The van der Waals surface area contributed by atoms with E-state index < -0.39 is 0 Å². The Bertz CT molecular complexity index is 544. The highest BCUT2D eigenvalue weighted by molar-refractivity contribution is 6.32. The van der Waals surface area contributed by atoms with Crippen LogP contribution in [0.2, 0.25) is 5.02 Å². The SMILES string of the molecule is CC(C)[C@H]1CN(c2ncccc2Cl)CCC(=O)N1CC1CC1. The third-order valence-corrected chi connectivity index (χ3v) is 4.98. The van der Waals surface area contributed by atoms with Crippen molar-refractivity contribution < 1.29 is 4.79 Å². The van der Waals surface area contributed by atoms with E-state index >= 15 is 0 Å². The van der Waals surface area contributed by atoms with Gasteiger partial charge in [0.2, 0.25) is 5.91 Å². The molecule has 0 aromatic carbocycles. The molecular formula is C17H24ClN3O. The molecule has 1 saturated heterocycles. The summed E-state index contributed by atoms with van der Waals surface area (Å²) in [6, 6.07) is 3.94. The molecule has 2 heterocycles. The standard InChI is InChI=1S/C17H24ClN3O/c1-12(2)15-11-20(17-14(18)4-3-8-19-17)9-7-16(22)21(15)10-13-5-6-13/h3-4,8,12-13,15H,5-7,9-11H2,1-2H3/t15-/m1/s1. The van der Waals surface area contributed by atoms with Gasteiger partial charge >= 0.3 is 0 Å². The first-order chi connectivity index (χ1) is 10.6. The number of pyridine rings is 1. The summed E-state index contributed by atoms with van der Waals surface area (Å²) in [5, 5.41) is 0.660. The van der Waals surface area contributed by atoms with Crippen molar-refractivity contribution in [3.8, 4) is 0 Å². The molecule has 1 aromatic heterocycles. The van der Waals surface area contributed by atoms with Crippen molar-refractivity contribution in [2.75, 3.05) is 24.5 Å². The van der Waals surface area contributed by atoms with E-state index in [1.807, 2.05) is 12.1 Å². The number of anilines is 1. The van der Waals surface area contributed by atoms with E-state index in [1.165, 1.54) is 12.8 Å². The largest absolute Gasteiger partial charge is 0.353 e. The van der Waals surface area contributed by atoms with E-state index in [2.05, 4.69) is 28.6 Å². The molecule has 0 bridgehead atoms. The molecule has 2 fully saturated rings. The van der Waals surface area contributed by atoms with Crippen LogP contribution in [0.15, 0.2) is 18.3 Å². The Hall–Kier alpha value is -1.29. The van der Waals surface area contributed by atoms with Gasteiger partial charge in [-0.2, -0.15) is 0 Å². The van der Waals surface area contributed by atoms with Crippen LogP contribution in [-0.4, -0.2) is 41.5 Å². The van der Waals surface area contributed by atoms with Crippen molar-refractivity contribution in [2.45, 2.75) is 39.2 Å². The molecule has 1 aliphatic carbocycles. The van der Waals surface area contributed by atoms with Crippen LogP contribution in [0.5, 0.6) is 0 Å². The first-order valence-electron chi connectivity index (χ1n) is 8.21. The van der Waals surface area contributed by atoms with Crippen molar-refractivity contribution >= 4 is 23.3 Å². The first kappa shape index (κ1) is 15.6. The van der Waals surface area contributed by atoms with Gasteiger partial charge in [-0.15, -0.1) is 0 Å². The summed E-state index contributed by atoms with van der Waals surface area (Å²) in [6.07, 6.45) is 4.85. The van der Waals surface area contributed by atoms with Gasteiger partial charge in [-0.3, -0.25) is 4.79 Å². The molecule has 4 nitrogen and oxygen atoms in total. The molecule has 1 atom stereocenters. The maximum atomic E-state index is 12.6. The lowest BCUT2D eigenvalue weighted by Crippen LogP contribution is -2.47. The minimum Gasteiger partial charge on any atom is -0.353 e. The summed E-state index contributed by atoms with van der Waals surface area (Å²) >= 11 is 6.30. The average Bonchev–Trinajstić information content (AvgIpc) is 3.30. The molecule has 0 spiro atoms. The fraction of sp³-hybridized carbons (Fsp3) is 0.647. The van der Waals surface area contributed by atoms with Crippen molar-refractivity contribution in [3.63, 3.8) is 0 Å². The van der Waals surface area contributed by atoms with Crippen molar-refractivity contribution in [1.82, 2.24) is 9.88 Å². The van der Waals surface area contributed by atoms with E-state index in [0.717, 1.165) is 24.8 Å². The highest BCUT2D eigenvalue weighted by Gasteiger charge is 2.36. The van der Waals surface area contributed by atoms with Gasteiger partial charge in [-0.1, -0.05) is 25.4 Å². The first-order valence-corrected chi connectivity index (χ1v) is 8.59. The van der Waals surface area contributed by atoms with Gasteiger partial charge in [-0.25, -0.2) is 4.98 Å². The molecule has 120 valence electrons. The maximum absolute atomic E-state index is 12.6. The minimum atomic E-state index is 0.230. The van der Waals surface area contributed by atoms with Crippen LogP contribution in [0, 0.1) is 11.8 Å². The summed E-state index contributed by atoms with van der Waals surface area (Å²) in [6.45, 7) is 6.82. The third-order valence-electron chi connectivity index (χ3n) is 4.68. The fourth-order valence-corrected chi connectivity index (χ4v) is 3.40. The smallest absolute Gasteiger partial charge is 0.224 e. The number of nitrogens with zero attached hydrogens (tertiary/aromatic N) is 3. The van der Waals surface area contributed by atoms with Gasteiger partial charge in [0.15, 0.2) is 0 Å². The number of hydrogen-bond acceptors (Lipinski definition) is 3. The number of carbonyl (C=O) groups is 1. The second-order valence-corrected chi connectivity index (χ2v) is 7.21. The molecule has 0 unspecified atom stereocenters. The number of rotatable bonds is 4. The summed E-state index contributed by atoms with van der Waals surface area (Å²) in [4.78, 5) is 21.3. The number of amides is 1. The van der Waals surface area contributed by atoms with E-state index in [-0.39, 0.29) is 11.9 Å². The van der Waals surface area contributed by atoms with Crippen molar-refractivity contribution in [1.29, 1.82) is 0 Å². The number of hydrogen-bond donors (Lipinski definition) is 0. The molecular weight excluding hydrogens is 298 g/mol. The molecule has 0 radical (unpaired) electrons. The minimum absolute atomic E-state index is 0.230. The molecule has 1 amide bonds. The predicted octanol–water partition coefficient (Wildman–Crippen LogP) is 3.21. The van der Waals surface area contributed by atoms with Crippen LogP contribution in [0.1, 0.15) is 33.1 Å². The zero-order valence-corrected chi connectivity index (χ0v) is 14.1. The normalized spacial score (nSPS) is 23.1.